The van der Waals surface area contributed by atoms with Gasteiger partial charge in [-0.25, -0.2) is 0 Å². The van der Waals surface area contributed by atoms with Crippen molar-refractivity contribution in [3.8, 4) is 0 Å². The van der Waals surface area contributed by atoms with Gasteiger partial charge in [0.15, 0.2) is 0 Å². The molecule has 1 saturated carbocycles. The van der Waals surface area contributed by atoms with Crippen LogP contribution in [0.2, 0.25) is 0 Å². The number of hydrogen-bond donors (Lipinski definition) is 2. The van der Waals surface area contributed by atoms with Crippen molar-refractivity contribution in [3.63, 3.8) is 0 Å². The standard InChI is InChI=1S/C17H25N3O/c21-17(14-6-7-14)19-11-10-18-15-8-12-20(13-9-15)16-4-2-1-3-5-16/h1-5,14-15,18H,6-13H2,(H,19,21). The van der Waals surface area contributed by atoms with Gasteiger partial charge in [-0.3, -0.25) is 4.79 Å². The monoisotopic (exact) mass is 287 g/mol. The Labute approximate surface area is 126 Å². The Morgan fingerprint density at radius 3 is 2.43 bits per heavy atom. The summed E-state index contributed by atoms with van der Waals surface area (Å²) in [6, 6.07) is 11.2. The Hall–Kier alpha value is -1.55. The highest BCUT2D eigenvalue weighted by molar-refractivity contribution is 5.80. The van der Waals surface area contributed by atoms with Crippen LogP contribution in [0.3, 0.4) is 0 Å². The Kier molecular flexibility index (Phi) is 4.76. The molecule has 0 unspecified atom stereocenters. The van der Waals surface area contributed by atoms with Crippen molar-refractivity contribution in [2.75, 3.05) is 31.1 Å². The van der Waals surface area contributed by atoms with Crippen LogP contribution in [-0.4, -0.2) is 38.1 Å². The van der Waals surface area contributed by atoms with E-state index in [1.54, 1.807) is 0 Å². The minimum absolute atomic E-state index is 0.246. The van der Waals surface area contributed by atoms with Crippen LogP contribution in [0.4, 0.5) is 5.69 Å². The number of carbonyl (C=O) groups excluding carboxylic acids is 1. The van der Waals surface area contributed by atoms with E-state index in [0.29, 0.717) is 12.0 Å². The smallest absolute Gasteiger partial charge is 0.223 e. The maximum absolute atomic E-state index is 11.5. The number of nitrogens with zero attached hydrogens (tertiary/aromatic N) is 1. The van der Waals surface area contributed by atoms with E-state index in [-0.39, 0.29) is 5.91 Å². The number of piperidine rings is 1. The van der Waals surface area contributed by atoms with Gasteiger partial charge in [-0.2, -0.15) is 0 Å². The summed E-state index contributed by atoms with van der Waals surface area (Å²) in [7, 11) is 0. The first kappa shape index (κ1) is 14.4. The molecular weight excluding hydrogens is 262 g/mol. The van der Waals surface area contributed by atoms with Crippen LogP contribution in [0, 0.1) is 5.92 Å². The molecule has 4 heteroatoms. The first-order chi connectivity index (χ1) is 10.3. The summed E-state index contributed by atoms with van der Waals surface area (Å²) in [6.07, 6.45) is 4.51. The number of rotatable bonds is 6. The van der Waals surface area contributed by atoms with Crippen LogP contribution >= 0.6 is 0 Å². The van der Waals surface area contributed by atoms with E-state index in [0.717, 1.165) is 39.0 Å². The van der Waals surface area contributed by atoms with Gasteiger partial charge in [-0.05, 0) is 37.8 Å². The first-order valence-corrected chi connectivity index (χ1v) is 8.14. The lowest BCUT2D eigenvalue weighted by Gasteiger charge is -2.34. The number of amides is 1. The summed E-state index contributed by atoms with van der Waals surface area (Å²) in [5.41, 5.74) is 1.33. The highest BCUT2D eigenvalue weighted by Crippen LogP contribution is 2.28. The van der Waals surface area contributed by atoms with Gasteiger partial charge in [0, 0.05) is 43.8 Å². The van der Waals surface area contributed by atoms with Crippen molar-refractivity contribution in [2.24, 2.45) is 5.92 Å². The Balaban J connectivity index is 1.31. The van der Waals surface area contributed by atoms with E-state index in [1.165, 1.54) is 18.5 Å². The SMILES string of the molecule is O=C(NCCNC1CCN(c2ccccc2)CC1)C1CC1. The van der Waals surface area contributed by atoms with Gasteiger partial charge in [0.1, 0.15) is 0 Å². The molecule has 1 aromatic rings. The van der Waals surface area contributed by atoms with Gasteiger partial charge in [-0.1, -0.05) is 18.2 Å². The van der Waals surface area contributed by atoms with Gasteiger partial charge in [0.25, 0.3) is 0 Å². The molecular formula is C17H25N3O. The lowest BCUT2D eigenvalue weighted by molar-refractivity contribution is -0.122. The molecule has 1 aromatic carbocycles. The fraction of sp³-hybridized carbons (Fsp3) is 0.588. The summed E-state index contributed by atoms with van der Waals surface area (Å²) >= 11 is 0. The number of hydrogen-bond acceptors (Lipinski definition) is 3. The normalized spacial score (nSPS) is 19.5. The van der Waals surface area contributed by atoms with Crippen LogP contribution in [0.25, 0.3) is 0 Å². The van der Waals surface area contributed by atoms with Crippen LogP contribution in [-0.2, 0) is 4.79 Å². The largest absolute Gasteiger partial charge is 0.371 e. The molecule has 1 aliphatic carbocycles. The fourth-order valence-electron chi connectivity index (χ4n) is 2.93. The summed E-state index contributed by atoms with van der Waals surface area (Å²) in [4.78, 5) is 14.0. The third-order valence-corrected chi connectivity index (χ3v) is 4.42. The zero-order valence-electron chi connectivity index (χ0n) is 12.6. The summed E-state index contributed by atoms with van der Waals surface area (Å²) in [5.74, 6) is 0.565. The summed E-state index contributed by atoms with van der Waals surface area (Å²) < 4.78 is 0. The van der Waals surface area contributed by atoms with E-state index in [2.05, 4.69) is 45.9 Å². The van der Waals surface area contributed by atoms with Crippen LogP contribution in [0.5, 0.6) is 0 Å². The predicted molar refractivity (Wildman–Crippen MR) is 85.4 cm³/mol. The molecule has 4 nitrogen and oxygen atoms in total. The third-order valence-electron chi connectivity index (χ3n) is 4.42. The van der Waals surface area contributed by atoms with Gasteiger partial charge in [0.05, 0.1) is 0 Å². The second kappa shape index (κ2) is 6.94. The van der Waals surface area contributed by atoms with Crippen molar-refractivity contribution in [1.82, 2.24) is 10.6 Å². The molecule has 2 aliphatic rings. The molecule has 0 radical (unpaired) electrons. The average Bonchev–Trinajstić information content (AvgIpc) is 3.38. The molecule has 21 heavy (non-hydrogen) atoms. The molecule has 0 aromatic heterocycles. The Morgan fingerprint density at radius 2 is 1.76 bits per heavy atom. The molecule has 2 fully saturated rings. The molecule has 0 atom stereocenters. The minimum atomic E-state index is 0.246. The molecule has 1 heterocycles. The lowest BCUT2D eigenvalue weighted by atomic mass is 10.0. The zero-order valence-corrected chi connectivity index (χ0v) is 12.6. The zero-order chi connectivity index (χ0) is 14.5. The van der Waals surface area contributed by atoms with Crippen molar-refractivity contribution in [3.05, 3.63) is 30.3 Å². The average molecular weight is 287 g/mol. The predicted octanol–water partition coefficient (Wildman–Crippen LogP) is 1.77. The fourth-order valence-corrected chi connectivity index (χ4v) is 2.93. The Morgan fingerprint density at radius 1 is 1.05 bits per heavy atom. The molecule has 1 aliphatic heterocycles. The third kappa shape index (κ3) is 4.21. The molecule has 2 N–H and O–H groups in total. The van der Waals surface area contributed by atoms with Gasteiger partial charge in [0.2, 0.25) is 5.91 Å². The second-order valence-corrected chi connectivity index (χ2v) is 6.12. The summed E-state index contributed by atoms with van der Waals surface area (Å²) in [5, 5.41) is 6.57. The maximum Gasteiger partial charge on any atom is 0.223 e. The molecule has 114 valence electrons. The van der Waals surface area contributed by atoms with E-state index in [4.69, 9.17) is 0 Å². The van der Waals surface area contributed by atoms with Crippen molar-refractivity contribution in [1.29, 1.82) is 0 Å². The van der Waals surface area contributed by atoms with E-state index < -0.39 is 0 Å². The molecule has 1 saturated heterocycles. The first-order valence-electron chi connectivity index (χ1n) is 8.14. The quantitative estimate of drug-likeness (QED) is 0.784. The maximum atomic E-state index is 11.5. The van der Waals surface area contributed by atoms with Crippen LogP contribution in [0.1, 0.15) is 25.7 Å². The van der Waals surface area contributed by atoms with Gasteiger partial charge < -0.3 is 15.5 Å². The number of carbonyl (C=O) groups is 1. The van der Waals surface area contributed by atoms with Crippen molar-refractivity contribution in [2.45, 2.75) is 31.7 Å². The minimum Gasteiger partial charge on any atom is -0.371 e. The Bertz CT molecular complexity index is 450. The molecule has 3 rings (SSSR count). The number of para-hydroxylation sites is 1. The van der Waals surface area contributed by atoms with E-state index in [1.807, 2.05) is 0 Å². The van der Waals surface area contributed by atoms with Gasteiger partial charge >= 0.3 is 0 Å². The lowest BCUT2D eigenvalue weighted by Crippen LogP contribution is -2.44. The van der Waals surface area contributed by atoms with Crippen LogP contribution < -0.4 is 15.5 Å². The van der Waals surface area contributed by atoms with E-state index in [9.17, 15) is 4.79 Å². The highest BCUT2D eigenvalue weighted by atomic mass is 16.2. The molecule has 0 spiro atoms. The number of anilines is 1. The van der Waals surface area contributed by atoms with Crippen LogP contribution in [0.15, 0.2) is 30.3 Å². The summed E-state index contributed by atoms with van der Waals surface area (Å²) in [6.45, 7) is 3.86. The molecule has 0 bridgehead atoms. The van der Waals surface area contributed by atoms with Gasteiger partial charge in [-0.15, -0.1) is 0 Å². The highest BCUT2D eigenvalue weighted by Gasteiger charge is 2.29. The molecule has 1 amide bonds. The van der Waals surface area contributed by atoms with Crippen molar-refractivity contribution >= 4 is 11.6 Å². The number of benzene rings is 1. The van der Waals surface area contributed by atoms with E-state index >= 15 is 0 Å². The second-order valence-electron chi connectivity index (χ2n) is 6.12. The van der Waals surface area contributed by atoms with Crippen molar-refractivity contribution < 1.29 is 4.79 Å². The number of nitrogens with one attached hydrogen (secondary N) is 2. The topological polar surface area (TPSA) is 44.4 Å².